The van der Waals surface area contributed by atoms with Crippen molar-refractivity contribution in [2.75, 3.05) is 25.7 Å². The van der Waals surface area contributed by atoms with E-state index in [9.17, 15) is 13.5 Å². The van der Waals surface area contributed by atoms with E-state index >= 15 is 0 Å². The number of hydrogen-bond acceptors (Lipinski definition) is 6. The van der Waals surface area contributed by atoms with Gasteiger partial charge in [0.1, 0.15) is 18.5 Å². The van der Waals surface area contributed by atoms with Crippen LogP contribution >= 0.6 is 34.8 Å². The van der Waals surface area contributed by atoms with E-state index in [1.807, 2.05) is 0 Å². The average molecular weight is 470 g/mol. The fourth-order valence-corrected chi connectivity index (χ4v) is 4.30. The molecule has 2 N–H and O–H groups in total. The molecule has 2 aromatic carbocycles. The van der Waals surface area contributed by atoms with Crippen molar-refractivity contribution < 1.29 is 28.1 Å². The average Bonchev–Trinajstić information content (AvgIpc) is 2.67. The van der Waals surface area contributed by atoms with Crippen LogP contribution < -0.4 is 9.47 Å². The van der Waals surface area contributed by atoms with Crippen molar-refractivity contribution in [3.8, 4) is 11.5 Å². The van der Waals surface area contributed by atoms with E-state index < -0.39 is 22.5 Å². The van der Waals surface area contributed by atoms with Gasteiger partial charge in [-0.1, -0.05) is 23.2 Å². The molecule has 0 aliphatic rings. The van der Waals surface area contributed by atoms with E-state index in [1.54, 1.807) is 12.1 Å². The molecule has 154 valence electrons. The van der Waals surface area contributed by atoms with Gasteiger partial charge >= 0.3 is 0 Å². The van der Waals surface area contributed by atoms with Crippen LogP contribution in [0, 0.1) is 0 Å². The molecule has 0 radical (unpaired) electrons. The lowest BCUT2D eigenvalue weighted by Crippen LogP contribution is -2.21. The maximum absolute atomic E-state index is 12.8. The van der Waals surface area contributed by atoms with Crippen molar-refractivity contribution in [1.82, 2.24) is 0 Å². The number of sulfone groups is 1. The first-order valence-corrected chi connectivity index (χ1v) is 11.0. The third kappa shape index (κ3) is 5.89. The number of halogens is 3. The van der Waals surface area contributed by atoms with Crippen molar-refractivity contribution in [2.45, 2.75) is 22.3 Å². The molecule has 0 unspecified atom stereocenters. The summed E-state index contributed by atoms with van der Waals surface area (Å²) < 4.78 is 36.4. The summed E-state index contributed by atoms with van der Waals surface area (Å²) in [4.78, 5) is -0.0536. The molecule has 0 aliphatic carbocycles. The quantitative estimate of drug-likeness (QED) is 0.408. The second-order valence-electron chi connectivity index (χ2n) is 5.73. The van der Waals surface area contributed by atoms with Gasteiger partial charge in [0.2, 0.25) is 9.84 Å². The van der Waals surface area contributed by atoms with Gasteiger partial charge in [-0.3, -0.25) is 0 Å². The van der Waals surface area contributed by atoms with Crippen LogP contribution in [0.5, 0.6) is 11.5 Å². The molecular weight excluding hydrogens is 451 g/mol. The highest BCUT2D eigenvalue weighted by Gasteiger charge is 2.22. The second-order valence-corrected chi connectivity index (χ2v) is 8.87. The van der Waals surface area contributed by atoms with Crippen LogP contribution in [0.1, 0.15) is 6.42 Å². The Kier molecular flexibility index (Phi) is 8.67. The van der Waals surface area contributed by atoms with Crippen LogP contribution in [0.2, 0.25) is 10.0 Å². The Morgan fingerprint density at radius 2 is 1.61 bits per heavy atom. The Morgan fingerprint density at radius 3 is 2.14 bits per heavy atom. The zero-order valence-corrected chi connectivity index (χ0v) is 17.7. The fourth-order valence-electron chi connectivity index (χ4n) is 2.16. The van der Waals surface area contributed by atoms with Gasteiger partial charge in [0.05, 0.1) is 33.0 Å². The Balaban J connectivity index is 2.23. The van der Waals surface area contributed by atoms with Crippen molar-refractivity contribution in [1.29, 1.82) is 0 Å². The normalized spacial score (nSPS) is 12.6. The third-order valence-corrected chi connectivity index (χ3v) is 6.17. The molecule has 2 rings (SSSR count). The number of aliphatic hydroxyl groups is 2. The number of ether oxygens (including phenoxy) is 2. The Morgan fingerprint density at radius 1 is 1.00 bits per heavy atom. The zero-order valence-electron chi connectivity index (χ0n) is 14.6. The Bertz CT molecular complexity index is 864. The Labute approximate surface area is 178 Å². The third-order valence-electron chi connectivity index (χ3n) is 3.59. The lowest BCUT2D eigenvalue weighted by molar-refractivity contribution is 0.0536. The largest absolute Gasteiger partial charge is 0.494 e. The molecule has 0 spiro atoms. The predicted octanol–water partition coefficient (Wildman–Crippen LogP) is 3.57. The van der Waals surface area contributed by atoms with Gasteiger partial charge in [0.25, 0.3) is 0 Å². The maximum atomic E-state index is 12.8. The maximum Gasteiger partial charge on any atom is 0.206 e. The number of rotatable bonds is 10. The van der Waals surface area contributed by atoms with Crippen molar-refractivity contribution in [3.05, 3.63) is 46.4 Å². The highest BCUT2D eigenvalue weighted by molar-refractivity contribution is 7.91. The summed E-state index contributed by atoms with van der Waals surface area (Å²) in [5, 5.41) is 18.1. The van der Waals surface area contributed by atoms with Crippen LogP contribution in [0.4, 0.5) is 0 Å². The molecule has 6 nitrogen and oxygen atoms in total. The molecule has 0 saturated carbocycles. The minimum atomic E-state index is -3.87. The standard InChI is InChI=1S/C18H19Cl3O6S/c19-6-1-7-26-13-2-4-14(5-3-13)28(24,25)15-8-16(20)18(17(21)9-15)27-11-12(23)10-22/h2-5,8-9,12,22-23H,1,6-7,10-11H2/t12-/m0/s1. The SMILES string of the molecule is O=S(=O)(c1ccc(OCCCCl)cc1)c1cc(Cl)c(OC[C@@H](O)CO)c(Cl)c1. The van der Waals surface area contributed by atoms with Crippen molar-refractivity contribution in [2.24, 2.45) is 0 Å². The summed E-state index contributed by atoms with van der Waals surface area (Å²) in [7, 11) is -3.87. The predicted molar refractivity (Wildman–Crippen MR) is 108 cm³/mol. The molecule has 0 aliphatic heterocycles. The number of alkyl halides is 1. The number of benzene rings is 2. The highest BCUT2D eigenvalue weighted by atomic mass is 35.5. The summed E-state index contributed by atoms with van der Waals surface area (Å²) >= 11 is 17.8. The molecule has 10 heteroatoms. The molecular formula is C18H19Cl3O6S. The van der Waals surface area contributed by atoms with Gasteiger partial charge in [-0.25, -0.2) is 8.42 Å². The fraction of sp³-hybridized carbons (Fsp3) is 0.333. The van der Waals surface area contributed by atoms with Gasteiger partial charge in [0.15, 0.2) is 5.75 Å². The summed E-state index contributed by atoms with van der Waals surface area (Å²) in [5.74, 6) is 1.04. The Hall–Kier alpha value is -1.22. The summed E-state index contributed by atoms with van der Waals surface area (Å²) in [6.45, 7) is -0.298. The lowest BCUT2D eigenvalue weighted by Gasteiger charge is -2.14. The first-order valence-electron chi connectivity index (χ1n) is 8.24. The molecule has 0 aromatic heterocycles. The molecule has 0 amide bonds. The highest BCUT2D eigenvalue weighted by Crippen LogP contribution is 2.37. The van der Waals surface area contributed by atoms with Crippen LogP contribution in [-0.4, -0.2) is 50.4 Å². The number of aliphatic hydroxyl groups excluding tert-OH is 2. The zero-order chi connectivity index (χ0) is 20.7. The molecule has 1 atom stereocenters. The van der Waals surface area contributed by atoms with Gasteiger partial charge in [0, 0.05) is 5.88 Å². The smallest absolute Gasteiger partial charge is 0.206 e. The van der Waals surface area contributed by atoms with E-state index in [4.69, 9.17) is 49.4 Å². The van der Waals surface area contributed by atoms with E-state index in [0.717, 1.165) is 0 Å². The van der Waals surface area contributed by atoms with Crippen LogP contribution in [-0.2, 0) is 9.84 Å². The topological polar surface area (TPSA) is 93.1 Å². The van der Waals surface area contributed by atoms with E-state index in [0.29, 0.717) is 24.7 Å². The summed E-state index contributed by atoms with van der Waals surface area (Å²) in [5.41, 5.74) is 0. The van der Waals surface area contributed by atoms with Gasteiger partial charge in [-0.05, 0) is 42.8 Å². The van der Waals surface area contributed by atoms with E-state index in [1.165, 1.54) is 24.3 Å². The van der Waals surface area contributed by atoms with E-state index in [-0.39, 0.29) is 32.2 Å². The van der Waals surface area contributed by atoms with Crippen LogP contribution in [0.25, 0.3) is 0 Å². The lowest BCUT2D eigenvalue weighted by atomic mass is 10.3. The molecule has 2 aromatic rings. The van der Waals surface area contributed by atoms with Crippen LogP contribution in [0.3, 0.4) is 0 Å². The molecule has 0 bridgehead atoms. The first kappa shape index (κ1) is 23.1. The molecule has 0 fully saturated rings. The summed E-state index contributed by atoms with van der Waals surface area (Å²) in [6.07, 6.45) is -0.428. The molecule has 0 heterocycles. The minimum Gasteiger partial charge on any atom is -0.494 e. The summed E-state index contributed by atoms with van der Waals surface area (Å²) in [6, 6.07) is 8.39. The van der Waals surface area contributed by atoms with Gasteiger partial charge < -0.3 is 19.7 Å². The van der Waals surface area contributed by atoms with Crippen LogP contribution in [0.15, 0.2) is 46.2 Å². The van der Waals surface area contributed by atoms with Crippen molar-refractivity contribution in [3.63, 3.8) is 0 Å². The first-order chi connectivity index (χ1) is 13.3. The van der Waals surface area contributed by atoms with Gasteiger partial charge in [-0.2, -0.15) is 0 Å². The second kappa shape index (κ2) is 10.5. The van der Waals surface area contributed by atoms with E-state index in [2.05, 4.69) is 0 Å². The monoisotopic (exact) mass is 468 g/mol. The number of hydrogen-bond donors (Lipinski definition) is 2. The minimum absolute atomic E-state index is 0.0258. The molecule has 0 saturated heterocycles. The van der Waals surface area contributed by atoms with Crippen molar-refractivity contribution >= 4 is 44.6 Å². The van der Waals surface area contributed by atoms with Gasteiger partial charge in [-0.15, -0.1) is 11.6 Å². The molecule has 28 heavy (non-hydrogen) atoms.